The number of hydrogen-bond donors (Lipinski definition) is 1. The van der Waals surface area contributed by atoms with Gasteiger partial charge in [0.1, 0.15) is 5.92 Å². The average Bonchev–Trinajstić information content (AvgIpc) is 3.04. The Morgan fingerprint density at radius 1 is 1.23 bits per heavy atom. The van der Waals surface area contributed by atoms with Crippen molar-refractivity contribution in [1.29, 1.82) is 5.26 Å². The summed E-state index contributed by atoms with van der Waals surface area (Å²) in [6, 6.07) is 12.3. The third-order valence-corrected chi connectivity index (χ3v) is 6.03. The van der Waals surface area contributed by atoms with Gasteiger partial charge >= 0.3 is 0 Å². The van der Waals surface area contributed by atoms with Crippen LogP contribution in [0.5, 0.6) is 0 Å². The number of nitrogens with zero attached hydrogens (tertiary/aromatic N) is 2. The summed E-state index contributed by atoms with van der Waals surface area (Å²) in [5.41, 5.74) is 0.357. The Morgan fingerprint density at radius 3 is 2.38 bits per heavy atom. The molecule has 5 heteroatoms. The third kappa shape index (κ3) is 3.21. The molecule has 0 bridgehead atoms. The van der Waals surface area contributed by atoms with Crippen molar-refractivity contribution in [2.75, 3.05) is 19.6 Å². The molecule has 0 saturated carbocycles. The molecule has 2 atom stereocenters. The van der Waals surface area contributed by atoms with E-state index in [4.69, 9.17) is 0 Å². The van der Waals surface area contributed by atoms with Crippen molar-refractivity contribution in [2.24, 2.45) is 17.3 Å². The summed E-state index contributed by atoms with van der Waals surface area (Å²) in [7, 11) is 0. The molecule has 0 spiro atoms. The SMILES string of the molecule is CC(C)(C)C1CNC(=O)C1C(=O)N1CCC(C#N)(c2ccccc2)CC1. The van der Waals surface area contributed by atoms with Gasteiger partial charge in [0.05, 0.1) is 11.5 Å². The Bertz CT molecular complexity index is 722. The van der Waals surface area contributed by atoms with E-state index in [0.29, 0.717) is 32.5 Å². The van der Waals surface area contributed by atoms with Crippen molar-refractivity contribution in [1.82, 2.24) is 10.2 Å². The molecule has 1 aromatic carbocycles. The zero-order chi connectivity index (χ0) is 18.9. The van der Waals surface area contributed by atoms with Crippen LogP contribution in [-0.2, 0) is 15.0 Å². The van der Waals surface area contributed by atoms with Gasteiger partial charge in [-0.3, -0.25) is 9.59 Å². The van der Waals surface area contributed by atoms with E-state index >= 15 is 0 Å². The Kier molecular flexibility index (Phi) is 4.79. The molecule has 2 unspecified atom stereocenters. The zero-order valence-electron chi connectivity index (χ0n) is 15.8. The highest BCUT2D eigenvalue weighted by Gasteiger charge is 2.48. The highest BCUT2D eigenvalue weighted by molar-refractivity contribution is 6.02. The molecule has 2 heterocycles. The molecule has 26 heavy (non-hydrogen) atoms. The van der Waals surface area contributed by atoms with Gasteiger partial charge in [-0.1, -0.05) is 51.1 Å². The van der Waals surface area contributed by atoms with Crippen LogP contribution in [0.2, 0.25) is 0 Å². The molecule has 3 rings (SSSR count). The lowest BCUT2D eigenvalue weighted by molar-refractivity contribution is -0.144. The van der Waals surface area contributed by atoms with Gasteiger partial charge in [-0.2, -0.15) is 5.26 Å². The van der Waals surface area contributed by atoms with Gasteiger partial charge in [-0.25, -0.2) is 0 Å². The molecule has 2 aliphatic heterocycles. The molecule has 2 saturated heterocycles. The topological polar surface area (TPSA) is 73.2 Å². The van der Waals surface area contributed by atoms with E-state index in [-0.39, 0.29) is 23.1 Å². The normalized spacial score (nSPS) is 25.5. The summed E-state index contributed by atoms with van der Waals surface area (Å²) in [5.74, 6) is -0.852. The Balaban J connectivity index is 1.74. The number of amides is 2. The van der Waals surface area contributed by atoms with Crippen LogP contribution >= 0.6 is 0 Å². The van der Waals surface area contributed by atoms with Crippen molar-refractivity contribution in [3.63, 3.8) is 0 Å². The molecule has 2 aliphatic rings. The Labute approximate surface area is 155 Å². The molecule has 5 nitrogen and oxygen atoms in total. The number of rotatable bonds is 2. The van der Waals surface area contributed by atoms with Crippen LogP contribution in [0.1, 0.15) is 39.2 Å². The summed E-state index contributed by atoms with van der Waals surface area (Å²) in [6.45, 7) is 7.81. The first-order valence-corrected chi connectivity index (χ1v) is 9.32. The lowest BCUT2D eigenvalue weighted by atomic mass is 9.72. The molecule has 1 N–H and O–H groups in total. The fraction of sp³-hybridized carbons (Fsp3) is 0.571. The van der Waals surface area contributed by atoms with Crippen molar-refractivity contribution in [3.05, 3.63) is 35.9 Å². The molecule has 0 aliphatic carbocycles. The maximum atomic E-state index is 13.1. The second kappa shape index (κ2) is 6.75. The zero-order valence-corrected chi connectivity index (χ0v) is 15.8. The lowest BCUT2D eigenvalue weighted by Crippen LogP contribution is -2.49. The van der Waals surface area contributed by atoms with Crippen LogP contribution in [0.3, 0.4) is 0 Å². The lowest BCUT2D eigenvalue weighted by Gasteiger charge is -2.39. The smallest absolute Gasteiger partial charge is 0.235 e. The Hall–Kier alpha value is -2.35. The fourth-order valence-electron chi connectivity index (χ4n) is 4.24. The van der Waals surface area contributed by atoms with Crippen LogP contribution in [0.4, 0.5) is 0 Å². The highest BCUT2D eigenvalue weighted by atomic mass is 16.2. The van der Waals surface area contributed by atoms with Crippen molar-refractivity contribution < 1.29 is 9.59 Å². The minimum Gasteiger partial charge on any atom is -0.355 e. The largest absolute Gasteiger partial charge is 0.355 e. The van der Waals surface area contributed by atoms with Crippen molar-refractivity contribution in [3.8, 4) is 6.07 Å². The predicted molar refractivity (Wildman–Crippen MR) is 99.0 cm³/mol. The number of hydrogen-bond acceptors (Lipinski definition) is 3. The van der Waals surface area contributed by atoms with Gasteiger partial charge in [-0.05, 0) is 23.8 Å². The number of nitrogens with one attached hydrogen (secondary N) is 1. The molecule has 1 aromatic rings. The first-order valence-electron chi connectivity index (χ1n) is 9.32. The Morgan fingerprint density at radius 2 is 1.85 bits per heavy atom. The number of carbonyl (C=O) groups is 2. The maximum absolute atomic E-state index is 13.1. The number of benzene rings is 1. The van der Waals surface area contributed by atoms with Gasteiger partial charge in [0.15, 0.2) is 0 Å². The highest BCUT2D eigenvalue weighted by Crippen LogP contribution is 2.39. The van der Waals surface area contributed by atoms with E-state index in [1.54, 1.807) is 4.90 Å². The van der Waals surface area contributed by atoms with E-state index in [9.17, 15) is 14.9 Å². The summed E-state index contributed by atoms with van der Waals surface area (Å²) in [4.78, 5) is 27.2. The van der Waals surface area contributed by atoms with Crippen LogP contribution in [-0.4, -0.2) is 36.3 Å². The van der Waals surface area contributed by atoms with Crippen LogP contribution in [0, 0.1) is 28.6 Å². The van der Waals surface area contributed by atoms with Gasteiger partial charge < -0.3 is 10.2 Å². The van der Waals surface area contributed by atoms with E-state index in [1.165, 1.54) is 0 Å². The minimum atomic E-state index is -0.610. The summed E-state index contributed by atoms with van der Waals surface area (Å²) in [6.07, 6.45) is 1.21. The van der Waals surface area contributed by atoms with E-state index in [0.717, 1.165) is 5.56 Å². The number of piperidine rings is 1. The third-order valence-electron chi connectivity index (χ3n) is 6.03. The van der Waals surface area contributed by atoms with Crippen molar-refractivity contribution >= 4 is 11.8 Å². The first-order chi connectivity index (χ1) is 12.3. The van der Waals surface area contributed by atoms with Gasteiger partial charge in [0.25, 0.3) is 0 Å². The summed E-state index contributed by atoms with van der Waals surface area (Å²) < 4.78 is 0. The molecule has 2 fully saturated rings. The first kappa shape index (κ1) is 18.4. The molecular formula is C21H27N3O2. The van der Waals surface area contributed by atoms with E-state index < -0.39 is 11.3 Å². The molecule has 2 amide bonds. The molecule has 0 aromatic heterocycles. The van der Waals surface area contributed by atoms with E-state index in [2.05, 4.69) is 32.2 Å². The van der Waals surface area contributed by atoms with Crippen LogP contribution < -0.4 is 5.32 Å². The standard InChI is InChI=1S/C21H27N3O2/c1-20(2,3)16-13-23-18(25)17(16)19(26)24-11-9-21(14-22,10-12-24)15-7-5-4-6-8-15/h4-8,16-17H,9-13H2,1-3H3,(H,23,25). The quantitative estimate of drug-likeness (QED) is 0.830. The van der Waals surface area contributed by atoms with Crippen LogP contribution in [0.25, 0.3) is 0 Å². The summed E-state index contributed by atoms with van der Waals surface area (Å²) in [5, 5.41) is 12.7. The van der Waals surface area contributed by atoms with E-state index in [1.807, 2.05) is 30.3 Å². The molecular weight excluding hydrogens is 326 g/mol. The van der Waals surface area contributed by atoms with Crippen LogP contribution in [0.15, 0.2) is 30.3 Å². The summed E-state index contributed by atoms with van der Waals surface area (Å²) >= 11 is 0. The number of nitriles is 1. The maximum Gasteiger partial charge on any atom is 0.235 e. The molecule has 138 valence electrons. The minimum absolute atomic E-state index is 0.000672. The number of carbonyl (C=O) groups excluding carboxylic acids is 2. The second-order valence-electron chi connectivity index (χ2n) is 8.58. The second-order valence-corrected chi connectivity index (χ2v) is 8.58. The number of likely N-dealkylation sites (tertiary alicyclic amines) is 1. The van der Waals surface area contributed by atoms with Crippen molar-refractivity contribution in [2.45, 2.75) is 39.0 Å². The average molecular weight is 353 g/mol. The van der Waals surface area contributed by atoms with Gasteiger partial charge in [-0.15, -0.1) is 0 Å². The monoisotopic (exact) mass is 353 g/mol. The fourth-order valence-corrected chi connectivity index (χ4v) is 4.24. The predicted octanol–water partition coefficient (Wildman–Crippen LogP) is 2.48. The molecule has 0 radical (unpaired) electrons. The van der Waals surface area contributed by atoms with Gasteiger partial charge in [0.2, 0.25) is 11.8 Å². The van der Waals surface area contributed by atoms with Gasteiger partial charge in [0, 0.05) is 25.6 Å².